The summed E-state index contributed by atoms with van der Waals surface area (Å²) >= 11 is 0. The lowest BCUT2D eigenvalue weighted by atomic mass is 9.89. The van der Waals surface area contributed by atoms with Crippen LogP contribution in [0.5, 0.6) is 0 Å². The zero-order valence-corrected chi connectivity index (χ0v) is 26.3. The number of hydrogen-bond acceptors (Lipinski definition) is 4. The highest BCUT2D eigenvalue weighted by Gasteiger charge is 2.20. The molecular weight excluding hydrogens is 599 g/mol. The van der Waals surface area contributed by atoms with Gasteiger partial charge < -0.3 is 4.42 Å². The lowest BCUT2D eigenvalue weighted by Gasteiger charge is -2.14. The molecule has 0 aliphatic heterocycles. The summed E-state index contributed by atoms with van der Waals surface area (Å²) in [5.74, 6) is 1.89. The zero-order valence-electron chi connectivity index (χ0n) is 26.3. The molecule has 0 atom stereocenters. The minimum atomic E-state index is 0.616. The van der Waals surface area contributed by atoms with Crippen molar-refractivity contribution < 1.29 is 4.42 Å². The molecule has 4 nitrogen and oxygen atoms in total. The van der Waals surface area contributed by atoms with Crippen LogP contribution in [-0.2, 0) is 0 Å². The van der Waals surface area contributed by atoms with Crippen LogP contribution in [0.25, 0.3) is 99.5 Å². The average molecular weight is 626 g/mol. The maximum Gasteiger partial charge on any atom is 0.164 e. The summed E-state index contributed by atoms with van der Waals surface area (Å²) in [7, 11) is 0. The largest absolute Gasteiger partial charge is 0.455 e. The normalized spacial score (nSPS) is 11.7. The molecule has 0 saturated heterocycles. The van der Waals surface area contributed by atoms with Crippen molar-refractivity contribution in [2.45, 2.75) is 0 Å². The topological polar surface area (TPSA) is 51.8 Å². The van der Waals surface area contributed by atoms with Gasteiger partial charge in [0, 0.05) is 33.0 Å². The fraction of sp³-hybridized carbons (Fsp3) is 0. The lowest BCUT2D eigenvalue weighted by Crippen LogP contribution is -2.00. The monoisotopic (exact) mass is 625 g/mol. The average Bonchev–Trinajstić information content (AvgIpc) is 3.54. The van der Waals surface area contributed by atoms with Crippen LogP contribution in [0.3, 0.4) is 0 Å². The van der Waals surface area contributed by atoms with Crippen LogP contribution in [0, 0.1) is 0 Å². The fourth-order valence-electron chi connectivity index (χ4n) is 7.18. The van der Waals surface area contributed by atoms with E-state index in [4.69, 9.17) is 19.4 Å². The summed E-state index contributed by atoms with van der Waals surface area (Å²) in [5, 5.41) is 9.28. The van der Waals surface area contributed by atoms with Crippen LogP contribution >= 0.6 is 0 Å². The molecule has 2 heterocycles. The predicted octanol–water partition coefficient (Wildman–Crippen LogP) is 11.9. The molecule has 4 heteroatoms. The van der Waals surface area contributed by atoms with E-state index in [0.29, 0.717) is 17.5 Å². The van der Waals surface area contributed by atoms with Crippen molar-refractivity contribution in [3.05, 3.63) is 164 Å². The summed E-state index contributed by atoms with van der Waals surface area (Å²) in [6.07, 6.45) is 0. The third-order valence-corrected chi connectivity index (χ3v) is 9.48. The molecule has 49 heavy (non-hydrogen) atoms. The predicted molar refractivity (Wildman–Crippen MR) is 201 cm³/mol. The van der Waals surface area contributed by atoms with Gasteiger partial charge in [-0.25, -0.2) is 15.0 Å². The van der Waals surface area contributed by atoms with Crippen molar-refractivity contribution in [1.29, 1.82) is 0 Å². The van der Waals surface area contributed by atoms with Crippen molar-refractivity contribution in [2.75, 3.05) is 0 Å². The Hall–Kier alpha value is -6.65. The molecule has 0 spiro atoms. The Bertz CT molecular complexity index is 2820. The first-order chi connectivity index (χ1) is 24.3. The van der Waals surface area contributed by atoms with E-state index in [2.05, 4.69) is 97.1 Å². The Balaban J connectivity index is 1.24. The SMILES string of the molecule is c1ccc(-c2nc(-c3ccccc3)nc(-c3ccc4oc5c(-c6cc7ccccc7c7ccccc67)c6ccccc6cc5c4c3)n2)cc1. The van der Waals surface area contributed by atoms with Crippen LogP contribution in [0.1, 0.15) is 0 Å². The number of rotatable bonds is 4. The third-order valence-electron chi connectivity index (χ3n) is 9.48. The van der Waals surface area contributed by atoms with E-state index in [1.165, 1.54) is 21.5 Å². The number of furan rings is 1. The lowest BCUT2D eigenvalue weighted by molar-refractivity contribution is 0.670. The summed E-state index contributed by atoms with van der Waals surface area (Å²) in [6, 6.07) is 56.9. The van der Waals surface area contributed by atoms with Gasteiger partial charge in [-0.2, -0.15) is 0 Å². The Morgan fingerprint density at radius 2 is 0.878 bits per heavy atom. The molecule has 0 radical (unpaired) electrons. The van der Waals surface area contributed by atoms with E-state index in [9.17, 15) is 0 Å². The van der Waals surface area contributed by atoms with Crippen molar-refractivity contribution >= 4 is 54.3 Å². The van der Waals surface area contributed by atoms with Crippen LogP contribution in [0.2, 0.25) is 0 Å². The highest BCUT2D eigenvalue weighted by molar-refractivity contribution is 6.23. The quantitative estimate of drug-likeness (QED) is 0.183. The maximum atomic E-state index is 6.83. The van der Waals surface area contributed by atoms with Crippen LogP contribution in [0.15, 0.2) is 168 Å². The number of nitrogens with zero attached hydrogens (tertiary/aromatic N) is 3. The minimum Gasteiger partial charge on any atom is -0.455 e. The molecule has 10 aromatic rings. The van der Waals surface area contributed by atoms with Crippen LogP contribution in [-0.4, -0.2) is 15.0 Å². The third kappa shape index (κ3) is 4.49. The number of aromatic nitrogens is 3. The molecule has 8 aromatic carbocycles. The molecule has 0 bridgehead atoms. The standard InChI is InChI=1S/C45H27N3O/c1-3-13-28(14-4-1)43-46-44(29-15-5-2-6-16-29)48-45(47-43)32-23-24-40-37(27-32)39-26-31-18-8-10-20-34(31)41(42(39)49-40)38-25-30-17-7-9-19-33(30)35-21-11-12-22-36(35)38/h1-27H. The van der Waals surface area contributed by atoms with Crippen molar-refractivity contribution in [1.82, 2.24) is 15.0 Å². The molecule has 0 unspecified atom stereocenters. The van der Waals surface area contributed by atoms with E-state index in [-0.39, 0.29) is 0 Å². The van der Waals surface area contributed by atoms with Gasteiger partial charge >= 0.3 is 0 Å². The number of benzene rings is 8. The Labute approximate surface area is 282 Å². The summed E-state index contributed by atoms with van der Waals surface area (Å²) < 4.78 is 6.83. The molecule has 2 aromatic heterocycles. The van der Waals surface area contributed by atoms with Crippen molar-refractivity contribution in [2.24, 2.45) is 0 Å². The summed E-state index contributed by atoms with van der Waals surface area (Å²) in [6.45, 7) is 0. The minimum absolute atomic E-state index is 0.616. The Morgan fingerprint density at radius 3 is 1.55 bits per heavy atom. The van der Waals surface area contributed by atoms with E-state index in [1.807, 2.05) is 66.7 Å². The van der Waals surface area contributed by atoms with Gasteiger partial charge in [0.25, 0.3) is 0 Å². The van der Waals surface area contributed by atoms with E-state index in [0.717, 1.165) is 60.5 Å². The smallest absolute Gasteiger partial charge is 0.164 e. The van der Waals surface area contributed by atoms with Crippen molar-refractivity contribution in [3.8, 4) is 45.3 Å². The van der Waals surface area contributed by atoms with Gasteiger partial charge in [0.2, 0.25) is 0 Å². The highest BCUT2D eigenvalue weighted by atomic mass is 16.3. The molecule has 228 valence electrons. The van der Waals surface area contributed by atoms with Crippen LogP contribution in [0.4, 0.5) is 0 Å². The van der Waals surface area contributed by atoms with E-state index >= 15 is 0 Å². The Kier molecular flexibility index (Phi) is 6.15. The molecule has 0 fully saturated rings. The number of hydrogen-bond donors (Lipinski definition) is 0. The van der Waals surface area contributed by atoms with Gasteiger partial charge in [-0.05, 0) is 68.2 Å². The molecule has 0 amide bonds. The van der Waals surface area contributed by atoms with Gasteiger partial charge in [0.1, 0.15) is 11.2 Å². The molecule has 0 aliphatic carbocycles. The van der Waals surface area contributed by atoms with Crippen LogP contribution < -0.4 is 0 Å². The maximum absolute atomic E-state index is 6.83. The van der Waals surface area contributed by atoms with Crippen molar-refractivity contribution in [3.63, 3.8) is 0 Å². The van der Waals surface area contributed by atoms with E-state index in [1.54, 1.807) is 0 Å². The first-order valence-corrected chi connectivity index (χ1v) is 16.4. The molecular formula is C45H27N3O. The fourth-order valence-corrected chi connectivity index (χ4v) is 7.18. The number of fused-ring (bicyclic) bond motifs is 7. The molecule has 0 saturated carbocycles. The van der Waals surface area contributed by atoms with Gasteiger partial charge in [0.15, 0.2) is 17.5 Å². The molecule has 10 rings (SSSR count). The second-order valence-corrected chi connectivity index (χ2v) is 12.4. The Morgan fingerprint density at radius 1 is 0.347 bits per heavy atom. The first kappa shape index (κ1) is 27.5. The van der Waals surface area contributed by atoms with Gasteiger partial charge in [-0.15, -0.1) is 0 Å². The second-order valence-electron chi connectivity index (χ2n) is 12.4. The second kappa shape index (κ2) is 11.0. The van der Waals surface area contributed by atoms with Gasteiger partial charge in [-0.3, -0.25) is 0 Å². The summed E-state index contributed by atoms with van der Waals surface area (Å²) in [5.41, 5.74) is 6.74. The molecule has 0 N–H and O–H groups in total. The molecule has 0 aliphatic rings. The van der Waals surface area contributed by atoms with Gasteiger partial charge in [0.05, 0.1) is 0 Å². The highest BCUT2D eigenvalue weighted by Crippen LogP contribution is 2.45. The van der Waals surface area contributed by atoms with E-state index < -0.39 is 0 Å². The zero-order chi connectivity index (χ0) is 32.3. The van der Waals surface area contributed by atoms with Gasteiger partial charge in [-0.1, -0.05) is 133 Å². The first-order valence-electron chi connectivity index (χ1n) is 16.4. The summed E-state index contributed by atoms with van der Waals surface area (Å²) in [4.78, 5) is 14.9.